The highest BCUT2D eigenvalue weighted by molar-refractivity contribution is 7.99. The second-order valence-electron chi connectivity index (χ2n) is 7.44. The first kappa shape index (κ1) is 24.7. The molecule has 1 amide bonds. The highest BCUT2D eigenvalue weighted by Gasteiger charge is 2.34. The van der Waals surface area contributed by atoms with E-state index >= 15 is 0 Å². The highest BCUT2D eigenvalue weighted by atomic mass is 32.2. The Labute approximate surface area is 195 Å². The zero-order chi connectivity index (χ0) is 24.0. The molecular weight excluding hydrogens is 449 g/mol. The molecule has 0 unspecified atom stereocenters. The zero-order valence-electron chi connectivity index (χ0n) is 18.3. The van der Waals surface area contributed by atoms with Gasteiger partial charge in [-0.3, -0.25) is 4.79 Å². The molecule has 33 heavy (non-hydrogen) atoms. The van der Waals surface area contributed by atoms with Crippen molar-refractivity contribution in [2.45, 2.75) is 42.0 Å². The fraction of sp³-hybridized carbons (Fsp3) is 0.240. The Hall–Kier alpha value is -2.97. The molecule has 0 radical (unpaired) electrons. The lowest BCUT2D eigenvalue weighted by Gasteiger charge is -2.23. The van der Waals surface area contributed by atoms with Gasteiger partial charge in [-0.05, 0) is 48.4 Å². The fourth-order valence-electron chi connectivity index (χ4n) is 3.08. The highest BCUT2D eigenvalue weighted by Crippen LogP contribution is 2.42. The monoisotopic (exact) mass is 474 g/mol. The Morgan fingerprint density at radius 1 is 1.06 bits per heavy atom. The summed E-state index contributed by atoms with van der Waals surface area (Å²) in [4.78, 5) is 14.1. The zero-order valence-corrected chi connectivity index (χ0v) is 19.1. The number of rotatable bonds is 8. The van der Waals surface area contributed by atoms with E-state index < -0.39 is 23.7 Å². The largest absolute Gasteiger partial charge is 0.489 e. The van der Waals surface area contributed by atoms with Crippen molar-refractivity contribution in [2.24, 2.45) is 5.73 Å². The van der Waals surface area contributed by atoms with Gasteiger partial charge in [0.15, 0.2) is 0 Å². The van der Waals surface area contributed by atoms with E-state index in [9.17, 15) is 18.0 Å². The topological polar surface area (TPSA) is 55.6 Å². The van der Waals surface area contributed by atoms with Crippen molar-refractivity contribution in [1.82, 2.24) is 0 Å². The number of nitrogens with zero attached hydrogens (tertiary/aromatic N) is 1. The minimum Gasteiger partial charge on any atom is -0.489 e. The number of likely N-dealkylation sites (N-methyl/N-ethyl adjacent to an activating group) is 1. The van der Waals surface area contributed by atoms with Crippen LogP contribution in [0.5, 0.6) is 5.75 Å². The molecule has 0 fully saturated rings. The summed E-state index contributed by atoms with van der Waals surface area (Å²) in [5.41, 5.74) is 6.07. The molecule has 174 valence electrons. The van der Waals surface area contributed by atoms with Crippen LogP contribution in [0.2, 0.25) is 0 Å². The van der Waals surface area contributed by atoms with Gasteiger partial charge in [0.2, 0.25) is 5.91 Å². The van der Waals surface area contributed by atoms with Crippen LogP contribution in [0.15, 0.2) is 82.6 Å². The number of benzene rings is 3. The fourth-order valence-corrected chi connectivity index (χ4v) is 4.08. The van der Waals surface area contributed by atoms with E-state index in [2.05, 4.69) is 0 Å². The quantitative estimate of drug-likeness (QED) is 0.426. The van der Waals surface area contributed by atoms with Gasteiger partial charge in [0.1, 0.15) is 12.4 Å². The first-order chi connectivity index (χ1) is 15.7. The third-order valence-corrected chi connectivity index (χ3v) is 6.09. The number of hydrogen-bond acceptors (Lipinski definition) is 4. The lowest BCUT2D eigenvalue weighted by molar-refractivity contribution is -0.139. The molecule has 0 spiro atoms. The molecule has 3 aromatic carbocycles. The van der Waals surface area contributed by atoms with Crippen molar-refractivity contribution < 1.29 is 22.7 Å². The Morgan fingerprint density at radius 3 is 2.45 bits per heavy atom. The minimum atomic E-state index is -4.59. The van der Waals surface area contributed by atoms with Crippen molar-refractivity contribution >= 4 is 23.4 Å². The second-order valence-corrected chi connectivity index (χ2v) is 8.56. The molecule has 3 rings (SSSR count). The summed E-state index contributed by atoms with van der Waals surface area (Å²) in [5, 5.41) is 0. The number of carbonyl (C=O) groups excluding carboxylic acids is 1. The summed E-state index contributed by atoms with van der Waals surface area (Å²) < 4.78 is 47.3. The number of amides is 1. The minimum absolute atomic E-state index is 0.0344. The first-order valence-electron chi connectivity index (χ1n) is 10.4. The molecule has 0 aromatic heterocycles. The second kappa shape index (κ2) is 10.8. The van der Waals surface area contributed by atoms with Gasteiger partial charge < -0.3 is 15.4 Å². The molecule has 2 N–H and O–H groups in total. The number of carbonyl (C=O) groups is 1. The molecular formula is C25H25F3N2O2S. The van der Waals surface area contributed by atoms with Gasteiger partial charge in [-0.15, -0.1) is 0 Å². The van der Waals surface area contributed by atoms with Crippen molar-refractivity contribution in [3.63, 3.8) is 0 Å². The summed E-state index contributed by atoms with van der Waals surface area (Å²) >= 11 is 0.988. The van der Waals surface area contributed by atoms with Gasteiger partial charge >= 0.3 is 6.18 Å². The van der Waals surface area contributed by atoms with E-state index in [4.69, 9.17) is 10.5 Å². The van der Waals surface area contributed by atoms with Crippen LogP contribution in [0.25, 0.3) is 0 Å². The Balaban J connectivity index is 1.82. The van der Waals surface area contributed by atoms with Gasteiger partial charge in [0.05, 0.1) is 11.6 Å². The summed E-state index contributed by atoms with van der Waals surface area (Å²) in [5.74, 6) is 0.127. The summed E-state index contributed by atoms with van der Waals surface area (Å²) in [6.45, 7) is 2.10. The van der Waals surface area contributed by atoms with Gasteiger partial charge in [-0.2, -0.15) is 13.2 Å². The standard InChI is InChI=1S/C25H25F3N2O2S/c1-3-22(29)24(31)30(2)18-12-13-23(21(14-18)25(26,27)28)33-20-11-7-10-19(15-20)32-16-17-8-5-4-6-9-17/h4-15,22H,3,16,29H2,1-2H3/t22-/m0/s1. The van der Waals surface area contributed by atoms with Crippen LogP contribution in [0.3, 0.4) is 0 Å². The first-order valence-corrected chi connectivity index (χ1v) is 11.2. The molecule has 0 bridgehead atoms. The number of alkyl halides is 3. The molecule has 8 heteroatoms. The van der Waals surface area contributed by atoms with E-state index in [-0.39, 0.29) is 10.6 Å². The third-order valence-electron chi connectivity index (χ3n) is 5.03. The Kier molecular flexibility index (Phi) is 8.05. The number of ether oxygens (including phenoxy) is 1. The molecule has 0 aliphatic carbocycles. The average Bonchev–Trinajstić information content (AvgIpc) is 2.81. The number of anilines is 1. The van der Waals surface area contributed by atoms with Crippen LogP contribution in [-0.4, -0.2) is 19.0 Å². The molecule has 4 nitrogen and oxygen atoms in total. The summed E-state index contributed by atoms with van der Waals surface area (Å²) in [7, 11) is 1.42. The average molecular weight is 475 g/mol. The number of nitrogens with two attached hydrogens (primary N) is 1. The van der Waals surface area contributed by atoms with Crippen molar-refractivity contribution in [2.75, 3.05) is 11.9 Å². The Bertz CT molecular complexity index is 1090. The van der Waals surface area contributed by atoms with Crippen molar-refractivity contribution in [3.8, 4) is 5.75 Å². The number of halogens is 3. The van der Waals surface area contributed by atoms with E-state index in [1.165, 1.54) is 19.2 Å². The molecule has 0 saturated carbocycles. The number of hydrogen-bond donors (Lipinski definition) is 1. The van der Waals surface area contributed by atoms with Gasteiger partial charge in [-0.25, -0.2) is 0 Å². The molecule has 0 aliphatic rings. The summed E-state index contributed by atoms with van der Waals surface area (Å²) in [6.07, 6.45) is -4.19. The van der Waals surface area contributed by atoms with Crippen molar-refractivity contribution in [3.05, 3.63) is 83.9 Å². The van der Waals surface area contributed by atoms with Gasteiger partial charge in [0.25, 0.3) is 0 Å². The predicted molar refractivity (Wildman–Crippen MR) is 124 cm³/mol. The van der Waals surface area contributed by atoms with E-state index in [0.29, 0.717) is 23.7 Å². The molecule has 1 atom stereocenters. The lowest BCUT2D eigenvalue weighted by Crippen LogP contribution is -2.41. The smallest absolute Gasteiger partial charge is 0.417 e. The molecule has 0 aliphatic heterocycles. The van der Waals surface area contributed by atoms with E-state index in [1.807, 2.05) is 30.3 Å². The molecule has 0 saturated heterocycles. The maximum absolute atomic E-state index is 13.8. The van der Waals surface area contributed by atoms with Crippen LogP contribution in [-0.2, 0) is 17.6 Å². The van der Waals surface area contributed by atoms with Gasteiger partial charge in [0, 0.05) is 22.5 Å². The van der Waals surface area contributed by atoms with Crippen LogP contribution in [0.1, 0.15) is 24.5 Å². The van der Waals surface area contributed by atoms with E-state index in [0.717, 1.165) is 28.3 Å². The molecule has 3 aromatic rings. The summed E-state index contributed by atoms with van der Waals surface area (Å²) in [6, 6.07) is 19.6. The van der Waals surface area contributed by atoms with Crippen LogP contribution in [0, 0.1) is 0 Å². The lowest BCUT2D eigenvalue weighted by atomic mass is 10.1. The van der Waals surface area contributed by atoms with Crippen molar-refractivity contribution in [1.29, 1.82) is 0 Å². The normalized spacial score (nSPS) is 12.3. The Morgan fingerprint density at radius 2 is 1.79 bits per heavy atom. The third kappa shape index (κ3) is 6.52. The predicted octanol–water partition coefficient (Wildman–Crippen LogP) is 6.14. The van der Waals surface area contributed by atoms with Gasteiger partial charge in [-0.1, -0.05) is 55.1 Å². The van der Waals surface area contributed by atoms with Crippen LogP contribution in [0.4, 0.5) is 18.9 Å². The maximum Gasteiger partial charge on any atom is 0.417 e. The van der Waals surface area contributed by atoms with Crippen LogP contribution < -0.4 is 15.4 Å². The van der Waals surface area contributed by atoms with E-state index in [1.54, 1.807) is 31.2 Å². The van der Waals surface area contributed by atoms with Crippen LogP contribution >= 0.6 is 11.8 Å². The maximum atomic E-state index is 13.8. The molecule has 0 heterocycles. The SMILES string of the molecule is CC[C@H](N)C(=O)N(C)c1ccc(Sc2cccc(OCc3ccccc3)c2)c(C(F)(F)F)c1.